The van der Waals surface area contributed by atoms with E-state index in [1.54, 1.807) is 0 Å². The van der Waals surface area contributed by atoms with Gasteiger partial charge in [-0.1, -0.05) is 149 Å². The molecule has 0 saturated carbocycles. The first kappa shape index (κ1) is 21.0. The highest BCUT2D eigenvalue weighted by Crippen LogP contribution is 2.11. The molecule has 0 spiro atoms. The average molecular weight is 432 g/mol. The number of hydrogen-bond acceptors (Lipinski definition) is 0. The third kappa shape index (κ3) is 4.76. The topological polar surface area (TPSA) is 0 Å². The van der Waals surface area contributed by atoms with Crippen molar-refractivity contribution in [2.45, 2.75) is 6.04 Å². The first-order chi connectivity index (χ1) is 15.3. The summed E-state index contributed by atoms with van der Waals surface area (Å²) in [5, 5.41) is 5.66. The van der Waals surface area contributed by atoms with E-state index in [0.717, 1.165) is 6.04 Å². The molecule has 0 fully saturated rings. The van der Waals surface area contributed by atoms with Crippen LogP contribution in [0.5, 0.6) is 0 Å². The summed E-state index contributed by atoms with van der Waals surface area (Å²) in [7, 11) is -3.08. The second-order valence-corrected chi connectivity index (χ2v) is 13.8. The molecule has 0 aliphatic heterocycles. The van der Waals surface area contributed by atoms with Gasteiger partial charge in [0.2, 0.25) is 0 Å². The highest BCUT2D eigenvalue weighted by molar-refractivity contribution is 7.09. The molecule has 0 N–H and O–H groups in total. The van der Waals surface area contributed by atoms with E-state index in [0.29, 0.717) is 0 Å². The van der Waals surface area contributed by atoms with E-state index in [4.69, 9.17) is 0 Å². The van der Waals surface area contributed by atoms with Crippen LogP contribution in [0.4, 0.5) is 0 Å². The van der Waals surface area contributed by atoms with E-state index in [9.17, 15) is 0 Å². The second kappa shape index (κ2) is 10.2. The van der Waals surface area contributed by atoms with Crippen LogP contribution in [0, 0.1) is 0 Å². The SMILES string of the molecule is C=C[Si](C=CC[Si](c1ccccc1)c1ccccc1)(c1ccccc1)c1ccccc1. The minimum atomic E-state index is -2.19. The van der Waals surface area contributed by atoms with Gasteiger partial charge >= 0.3 is 0 Å². The van der Waals surface area contributed by atoms with Crippen LogP contribution in [-0.4, -0.2) is 16.9 Å². The monoisotopic (exact) mass is 431 g/mol. The largest absolute Gasteiger partial charge is 0.164 e. The van der Waals surface area contributed by atoms with E-state index in [-0.39, 0.29) is 0 Å². The molecule has 0 aliphatic rings. The predicted molar refractivity (Wildman–Crippen MR) is 140 cm³/mol. The summed E-state index contributed by atoms with van der Waals surface area (Å²) in [6.07, 6.45) is 2.43. The highest BCUT2D eigenvalue weighted by atomic mass is 28.3. The number of rotatable bonds is 8. The van der Waals surface area contributed by atoms with Crippen LogP contribution >= 0.6 is 0 Å². The summed E-state index contributed by atoms with van der Waals surface area (Å²) in [4.78, 5) is 0. The Labute approximate surface area is 188 Å². The van der Waals surface area contributed by atoms with Crippen molar-refractivity contribution >= 4 is 37.6 Å². The third-order valence-corrected chi connectivity index (χ3v) is 12.5. The van der Waals surface area contributed by atoms with Gasteiger partial charge in [-0.3, -0.25) is 0 Å². The fourth-order valence-electron chi connectivity index (χ4n) is 4.13. The lowest BCUT2D eigenvalue weighted by Crippen LogP contribution is -2.55. The van der Waals surface area contributed by atoms with Crippen LogP contribution in [0.3, 0.4) is 0 Å². The Morgan fingerprint density at radius 2 is 0.968 bits per heavy atom. The molecule has 0 bridgehead atoms. The first-order valence-corrected chi connectivity index (χ1v) is 14.6. The molecule has 0 nitrogen and oxygen atoms in total. The molecule has 0 unspecified atom stereocenters. The van der Waals surface area contributed by atoms with E-state index < -0.39 is 16.9 Å². The van der Waals surface area contributed by atoms with Crippen LogP contribution in [0.15, 0.2) is 145 Å². The van der Waals surface area contributed by atoms with Gasteiger partial charge in [0.05, 0.1) is 0 Å². The molecule has 0 amide bonds. The standard InChI is InChI=1S/C29H27Si2/c1-2-31(28-20-11-5-12-21-28,29-22-13-6-14-23-29)25-15-24-30(26-16-7-3-8-17-26)27-18-9-4-10-19-27/h2-23,25H,1,24H2. The van der Waals surface area contributed by atoms with Gasteiger partial charge in [-0.2, -0.15) is 0 Å². The zero-order chi connectivity index (χ0) is 21.4. The fraction of sp³-hybridized carbons (Fsp3) is 0.0345. The summed E-state index contributed by atoms with van der Waals surface area (Å²) >= 11 is 0. The minimum Gasteiger partial charge on any atom is -0.106 e. The Bertz CT molecular complexity index is 1030. The molecule has 31 heavy (non-hydrogen) atoms. The molecule has 2 heteroatoms. The van der Waals surface area contributed by atoms with E-state index in [1.807, 2.05) is 0 Å². The highest BCUT2D eigenvalue weighted by Gasteiger charge is 2.31. The Morgan fingerprint density at radius 3 is 1.35 bits per heavy atom. The molecular formula is C29H27Si2. The van der Waals surface area contributed by atoms with E-state index >= 15 is 0 Å². The van der Waals surface area contributed by atoms with Gasteiger partial charge in [0, 0.05) is 0 Å². The summed E-state index contributed by atoms with van der Waals surface area (Å²) in [6.45, 7) is 4.32. The van der Waals surface area contributed by atoms with Crippen molar-refractivity contribution in [2.75, 3.05) is 0 Å². The van der Waals surface area contributed by atoms with Gasteiger partial charge in [-0.15, -0.1) is 6.58 Å². The lowest BCUT2D eigenvalue weighted by atomic mass is 10.4. The molecule has 151 valence electrons. The molecule has 0 heterocycles. The molecule has 0 saturated heterocycles. The Balaban J connectivity index is 1.72. The van der Waals surface area contributed by atoms with Crippen molar-refractivity contribution in [1.29, 1.82) is 0 Å². The number of hydrogen-bond donors (Lipinski definition) is 0. The summed E-state index contributed by atoms with van der Waals surface area (Å²) < 4.78 is 0. The summed E-state index contributed by atoms with van der Waals surface area (Å²) in [5.74, 6) is 0. The molecular weight excluding hydrogens is 404 g/mol. The van der Waals surface area contributed by atoms with Crippen LogP contribution in [0.1, 0.15) is 0 Å². The van der Waals surface area contributed by atoms with E-state index in [2.05, 4.69) is 145 Å². The van der Waals surface area contributed by atoms with Crippen molar-refractivity contribution in [3.05, 3.63) is 145 Å². The van der Waals surface area contributed by atoms with Crippen molar-refractivity contribution < 1.29 is 0 Å². The molecule has 4 rings (SSSR count). The van der Waals surface area contributed by atoms with Gasteiger partial charge in [0.15, 0.2) is 8.07 Å². The maximum Gasteiger partial charge on any atom is 0.164 e. The zero-order valence-corrected chi connectivity index (χ0v) is 19.7. The predicted octanol–water partition coefficient (Wildman–Crippen LogP) is 4.38. The minimum absolute atomic E-state index is 0.892. The molecule has 0 atom stereocenters. The first-order valence-electron chi connectivity index (χ1n) is 10.7. The summed E-state index contributed by atoms with van der Waals surface area (Å²) in [6, 6.07) is 44.8. The molecule has 4 aromatic carbocycles. The maximum atomic E-state index is 4.32. The average Bonchev–Trinajstić information content (AvgIpc) is 2.87. The van der Waals surface area contributed by atoms with Crippen molar-refractivity contribution in [3.8, 4) is 0 Å². The van der Waals surface area contributed by atoms with Gasteiger partial charge in [-0.25, -0.2) is 0 Å². The van der Waals surface area contributed by atoms with Crippen molar-refractivity contribution in [2.24, 2.45) is 0 Å². The Morgan fingerprint density at radius 1 is 0.581 bits per heavy atom. The number of benzene rings is 4. The van der Waals surface area contributed by atoms with Crippen molar-refractivity contribution in [1.82, 2.24) is 0 Å². The van der Waals surface area contributed by atoms with Crippen LogP contribution in [-0.2, 0) is 0 Å². The van der Waals surface area contributed by atoms with Crippen molar-refractivity contribution in [3.63, 3.8) is 0 Å². The van der Waals surface area contributed by atoms with Gasteiger partial charge in [0.25, 0.3) is 0 Å². The van der Waals surface area contributed by atoms with Gasteiger partial charge in [0.1, 0.15) is 8.80 Å². The van der Waals surface area contributed by atoms with Crippen LogP contribution < -0.4 is 20.7 Å². The molecule has 4 aromatic rings. The Kier molecular flexibility index (Phi) is 6.93. The smallest absolute Gasteiger partial charge is 0.106 e. The fourth-order valence-corrected chi connectivity index (χ4v) is 10.0. The molecule has 0 aliphatic carbocycles. The maximum absolute atomic E-state index is 4.32. The molecule has 0 aromatic heterocycles. The van der Waals surface area contributed by atoms with E-state index in [1.165, 1.54) is 20.7 Å². The lowest BCUT2D eigenvalue weighted by Gasteiger charge is -2.26. The van der Waals surface area contributed by atoms with Crippen LogP contribution in [0.25, 0.3) is 0 Å². The number of allylic oxidation sites excluding steroid dienone is 1. The quantitative estimate of drug-likeness (QED) is 0.363. The third-order valence-electron chi connectivity index (χ3n) is 5.77. The lowest BCUT2D eigenvalue weighted by molar-refractivity contribution is 1.62. The zero-order valence-electron chi connectivity index (χ0n) is 17.7. The second-order valence-electron chi connectivity index (χ2n) is 7.62. The van der Waals surface area contributed by atoms with Crippen LogP contribution in [0.2, 0.25) is 6.04 Å². The summed E-state index contributed by atoms with van der Waals surface area (Å²) in [5.41, 5.74) is 4.70. The van der Waals surface area contributed by atoms with Gasteiger partial charge < -0.3 is 0 Å². The normalized spacial score (nSPS) is 11.6. The molecule has 1 radical (unpaired) electrons. The Hall–Kier alpha value is -3.21. The van der Waals surface area contributed by atoms with Gasteiger partial charge in [-0.05, 0) is 16.4 Å².